The van der Waals surface area contributed by atoms with E-state index < -0.39 is 0 Å². The summed E-state index contributed by atoms with van der Waals surface area (Å²) in [4.78, 5) is 17.4. The van der Waals surface area contributed by atoms with E-state index in [1.165, 1.54) is 11.8 Å². The first-order valence-electron chi connectivity index (χ1n) is 10.6. The Bertz CT molecular complexity index is 1260. The number of carbonyl (C=O) groups is 1. The van der Waals surface area contributed by atoms with Crippen molar-refractivity contribution < 1.29 is 9.53 Å². The smallest absolute Gasteiger partial charge is 0.242 e. The maximum Gasteiger partial charge on any atom is 0.242 e. The first-order chi connectivity index (χ1) is 16.2. The average molecular weight is 475 g/mol. The van der Waals surface area contributed by atoms with Gasteiger partial charge in [0, 0.05) is 21.9 Å². The summed E-state index contributed by atoms with van der Waals surface area (Å²) in [6, 6.07) is 23.8. The Labute approximate surface area is 201 Å². The second kappa shape index (κ2) is 9.33. The van der Waals surface area contributed by atoms with Crippen molar-refractivity contribution in [3.8, 4) is 17.1 Å². The van der Waals surface area contributed by atoms with Gasteiger partial charge in [0.2, 0.25) is 5.91 Å². The molecular weight excluding hydrogens is 452 g/mol. The minimum atomic E-state index is 0.0110. The number of fused-ring (bicyclic) bond motifs is 2. The standard InChI is InChI=1S/C25H22N4O2S2/c1-3-28-24(17-12-14-18(31-2)15-13-17)26-27-25(28)32-16-23(30)29-19-8-4-6-10-21(19)33-22-11-7-5-9-20(22)29/h4-15H,3,16H2,1-2H3. The van der Waals surface area contributed by atoms with Crippen LogP contribution in [0.25, 0.3) is 11.4 Å². The molecule has 0 fully saturated rings. The van der Waals surface area contributed by atoms with Crippen molar-refractivity contribution in [2.45, 2.75) is 28.4 Å². The van der Waals surface area contributed by atoms with Gasteiger partial charge in [-0.15, -0.1) is 10.2 Å². The van der Waals surface area contributed by atoms with Gasteiger partial charge in [0.1, 0.15) is 5.75 Å². The maximum absolute atomic E-state index is 13.5. The molecule has 0 N–H and O–H groups in total. The van der Waals surface area contributed by atoms with E-state index in [0.717, 1.165) is 43.5 Å². The highest BCUT2D eigenvalue weighted by atomic mass is 32.2. The number of hydrogen-bond acceptors (Lipinski definition) is 6. The minimum absolute atomic E-state index is 0.0110. The fraction of sp³-hybridized carbons (Fsp3) is 0.160. The highest BCUT2D eigenvalue weighted by Gasteiger charge is 2.28. The Kier molecular flexibility index (Phi) is 6.11. The molecular formula is C25H22N4O2S2. The van der Waals surface area contributed by atoms with Gasteiger partial charge in [-0.3, -0.25) is 9.69 Å². The van der Waals surface area contributed by atoms with Crippen molar-refractivity contribution in [1.29, 1.82) is 0 Å². The lowest BCUT2D eigenvalue weighted by Crippen LogP contribution is -2.30. The van der Waals surface area contributed by atoms with Crippen molar-refractivity contribution in [2.24, 2.45) is 0 Å². The van der Waals surface area contributed by atoms with Gasteiger partial charge in [-0.2, -0.15) is 0 Å². The van der Waals surface area contributed by atoms with E-state index in [-0.39, 0.29) is 11.7 Å². The second-order valence-corrected chi connectivity index (χ2v) is 9.36. The molecule has 3 aromatic carbocycles. The van der Waals surface area contributed by atoms with Crippen LogP contribution in [0.2, 0.25) is 0 Å². The van der Waals surface area contributed by atoms with Gasteiger partial charge in [-0.05, 0) is 55.5 Å². The van der Waals surface area contributed by atoms with Crippen LogP contribution in [0.5, 0.6) is 5.75 Å². The number of anilines is 2. The van der Waals surface area contributed by atoms with Crippen LogP contribution in [-0.4, -0.2) is 33.5 Å². The predicted molar refractivity (Wildman–Crippen MR) is 133 cm³/mol. The van der Waals surface area contributed by atoms with Crippen molar-refractivity contribution in [1.82, 2.24) is 14.8 Å². The highest BCUT2D eigenvalue weighted by molar-refractivity contribution is 8.00. The van der Waals surface area contributed by atoms with Crippen LogP contribution < -0.4 is 9.64 Å². The SMILES string of the molecule is CCn1c(SCC(=O)N2c3ccccc3Sc3ccccc32)nnc1-c1ccc(OC)cc1. The van der Waals surface area contributed by atoms with Crippen molar-refractivity contribution >= 4 is 40.8 Å². The number of carbonyl (C=O) groups excluding carboxylic acids is 1. The number of hydrogen-bond donors (Lipinski definition) is 0. The molecule has 1 aliphatic heterocycles. The van der Waals surface area contributed by atoms with E-state index in [9.17, 15) is 4.79 Å². The molecule has 1 amide bonds. The normalized spacial score (nSPS) is 12.2. The lowest BCUT2D eigenvalue weighted by Gasteiger charge is -2.30. The zero-order valence-electron chi connectivity index (χ0n) is 18.3. The molecule has 1 aromatic heterocycles. The number of rotatable bonds is 6. The third-order valence-corrected chi connectivity index (χ3v) is 7.47. The molecule has 2 heterocycles. The Morgan fingerprint density at radius 2 is 1.58 bits per heavy atom. The lowest BCUT2D eigenvalue weighted by molar-refractivity contribution is -0.115. The molecule has 5 rings (SSSR count). The number of methoxy groups -OCH3 is 1. The number of nitrogens with zero attached hydrogens (tertiary/aromatic N) is 4. The number of thioether (sulfide) groups is 1. The largest absolute Gasteiger partial charge is 0.497 e. The zero-order valence-corrected chi connectivity index (χ0v) is 19.9. The Morgan fingerprint density at radius 3 is 2.18 bits per heavy atom. The van der Waals surface area contributed by atoms with E-state index in [4.69, 9.17) is 4.74 Å². The van der Waals surface area contributed by atoms with Crippen LogP contribution in [0.3, 0.4) is 0 Å². The molecule has 33 heavy (non-hydrogen) atoms. The quantitative estimate of drug-likeness (QED) is 0.325. The average Bonchev–Trinajstić information content (AvgIpc) is 3.28. The Balaban J connectivity index is 1.40. The van der Waals surface area contributed by atoms with E-state index >= 15 is 0 Å². The third kappa shape index (κ3) is 4.12. The number of ether oxygens (including phenoxy) is 1. The van der Waals surface area contributed by atoms with Crippen LogP contribution in [0.4, 0.5) is 11.4 Å². The first-order valence-corrected chi connectivity index (χ1v) is 12.4. The van der Waals surface area contributed by atoms with Gasteiger partial charge in [-0.25, -0.2) is 0 Å². The Morgan fingerprint density at radius 1 is 0.939 bits per heavy atom. The van der Waals surface area contributed by atoms with Crippen LogP contribution >= 0.6 is 23.5 Å². The summed E-state index contributed by atoms with van der Waals surface area (Å²) in [5.74, 6) is 1.84. The molecule has 0 saturated carbocycles. The van der Waals surface area contributed by atoms with E-state index in [1.54, 1.807) is 18.9 Å². The molecule has 4 aromatic rings. The topological polar surface area (TPSA) is 60.2 Å². The van der Waals surface area contributed by atoms with Crippen molar-refractivity contribution in [3.05, 3.63) is 72.8 Å². The van der Waals surface area contributed by atoms with Gasteiger partial charge in [-0.1, -0.05) is 47.8 Å². The molecule has 0 saturated heterocycles. The molecule has 1 aliphatic rings. The summed E-state index contributed by atoms with van der Waals surface area (Å²) >= 11 is 3.10. The van der Waals surface area contributed by atoms with Crippen LogP contribution in [0.15, 0.2) is 87.7 Å². The van der Waals surface area contributed by atoms with Crippen LogP contribution in [-0.2, 0) is 11.3 Å². The summed E-state index contributed by atoms with van der Waals surface area (Å²) in [6.45, 7) is 2.76. The van der Waals surface area contributed by atoms with E-state index in [0.29, 0.717) is 6.54 Å². The minimum Gasteiger partial charge on any atom is -0.497 e. The number of amides is 1. The second-order valence-electron chi connectivity index (χ2n) is 7.33. The molecule has 166 valence electrons. The molecule has 0 bridgehead atoms. The monoisotopic (exact) mass is 474 g/mol. The zero-order chi connectivity index (χ0) is 22.8. The fourth-order valence-electron chi connectivity index (χ4n) is 3.80. The van der Waals surface area contributed by atoms with Crippen molar-refractivity contribution in [3.63, 3.8) is 0 Å². The highest BCUT2D eigenvalue weighted by Crippen LogP contribution is 2.48. The van der Waals surface area contributed by atoms with Crippen molar-refractivity contribution in [2.75, 3.05) is 17.8 Å². The molecule has 0 radical (unpaired) electrons. The number of aromatic nitrogens is 3. The lowest BCUT2D eigenvalue weighted by atomic mass is 10.2. The van der Waals surface area contributed by atoms with Crippen LogP contribution in [0.1, 0.15) is 6.92 Å². The third-order valence-electron chi connectivity index (χ3n) is 5.39. The summed E-state index contributed by atoms with van der Waals surface area (Å²) in [6.07, 6.45) is 0. The van der Waals surface area contributed by atoms with Gasteiger partial charge < -0.3 is 9.30 Å². The number of para-hydroxylation sites is 2. The summed E-state index contributed by atoms with van der Waals surface area (Å²) in [5, 5.41) is 9.51. The molecule has 6 nitrogen and oxygen atoms in total. The fourth-order valence-corrected chi connectivity index (χ4v) is 5.71. The summed E-state index contributed by atoms with van der Waals surface area (Å²) in [5.41, 5.74) is 2.80. The number of benzene rings is 3. The molecule has 0 atom stereocenters. The van der Waals surface area contributed by atoms with Crippen LogP contribution in [0, 0.1) is 0 Å². The van der Waals surface area contributed by atoms with E-state index in [2.05, 4.69) is 29.3 Å². The predicted octanol–water partition coefficient (Wildman–Crippen LogP) is 5.90. The summed E-state index contributed by atoms with van der Waals surface area (Å²) in [7, 11) is 1.65. The molecule has 0 unspecified atom stereocenters. The van der Waals surface area contributed by atoms with Gasteiger partial charge in [0.05, 0.1) is 24.2 Å². The van der Waals surface area contributed by atoms with Gasteiger partial charge in [0.25, 0.3) is 0 Å². The van der Waals surface area contributed by atoms with Gasteiger partial charge >= 0.3 is 0 Å². The Hall–Kier alpha value is -3.23. The first kappa shape index (κ1) is 21.6. The summed E-state index contributed by atoms with van der Waals surface area (Å²) < 4.78 is 7.28. The molecule has 8 heteroatoms. The van der Waals surface area contributed by atoms with E-state index in [1.807, 2.05) is 70.1 Å². The molecule has 0 aliphatic carbocycles. The maximum atomic E-state index is 13.5. The molecule has 0 spiro atoms. The van der Waals surface area contributed by atoms with Gasteiger partial charge in [0.15, 0.2) is 11.0 Å².